The summed E-state index contributed by atoms with van der Waals surface area (Å²) in [5, 5.41) is 13.2. The molecule has 1 heterocycles. The molecule has 0 saturated heterocycles. The van der Waals surface area contributed by atoms with Crippen molar-refractivity contribution in [3.05, 3.63) is 68.7 Å². The Kier molecular flexibility index (Phi) is 3.92. The standard InChI is InChI=1S/C16H14ClN3O3/c1-10-8-12-9-14(20(22)23)6-7-15(12)19(10)18-16(21)11-2-4-13(17)5-3-11/h2-7,9-10H,8H2,1H3,(H,18,21). The second-order valence-corrected chi connectivity index (χ2v) is 5.88. The van der Waals surface area contributed by atoms with Crippen LogP contribution < -0.4 is 10.4 Å². The Bertz CT molecular complexity index is 777. The van der Waals surface area contributed by atoms with Crippen molar-refractivity contribution >= 4 is 28.9 Å². The van der Waals surface area contributed by atoms with Gasteiger partial charge in [-0.25, -0.2) is 0 Å². The lowest BCUT2D eigenvalue weighted by Crippen LogP contribution is -2.45. The highest BCUT2D eigenvalue weighted by atomic mass is 35.5. The van der Waals surface area contributed by atoms with E-state index < -0.39 is 4.92 Å². The van der Waals surface area contributed by atoms with E-state index in [-0.39, 0.29) is 17.6 Å². The number of carbonyl (C=O) groups is 1. The minimum atomic E-state index is -0.417. The monoisotopic (exact) mass is 331 g/mol. The lowest BCUT2D eigenvalue weighted by atomic mass is 10.1. The highest BCUT2D eigenvalue weighted by molar-refractivity contribution is 6.30. The van der Waals surface area contributed by atoms with Crippen molar-refractivity contribution in [3.8, 4) is 0 Å². The van der Waals surface area contributed by atoms with Crippen LogP contribution in [0.3, 0.4) is 0 Å². The third-order valence-corrected chi connectivity index (χ3v) is 4.07. The molecule has 0 spiro atoms. The highest BCUT2D eigenvalue weighted by Crippen LogP contribution is 2.33. The highest BCUT2D eigenvalue weighted by Gasteiger charge is 2.29. The predicted molar refractivity (Wildman–Crippen MR) is 87.7 cm³/mol. The van der Waals surface area contributed by atoms with Crippen LogP contribution in [0.4, 0.5) is 11.4 Å². The zero-order valence-corrected chi connectivity index (χ0v) is 13.1. The number of halogens is 1. The lowest BCUT2D eigenvalue weighted by molar-refractivity contribution is -0.384. The molecule has 1 unspecified atom stereocenters. The van der Waals surface area contributed by atoms with Gasteiger partial charge in [0.05, 0.1) is 16.7 Å². The Balaban J connectivity index is 1.83. The molecule has 3 rings (SSSR count). The van der Waals surface area contributed by atoms with E-state index in [1.165, 1.54) is 6.07 Å². The smallest absolute Gasteiger partial charge is 0.269 e. The molecule has 6 nitrogen and oxygen atoms in total. The Morgan fingerprint density at radius 3 is 2.65 bits per heavy atom. The average molecular weight is 332 g/mol. The predicted octanol–water partition coefficient (Wildman–Crippen LogP) is 3.34. The summed E-state index contributed by atoms with van der Waals surface area (Å²) in [5.74, 6) is -0.250. The Hall–Kier alpha value is -2.60. The number of hydrogen-bond donors (Lipinski definition) is 1. The minimum Gasteiger partial charge on any atom is -0.282 e. The van der Waals surface area contributed by atoms with E-state index in [1.54, 1.807) is 41.4 Å². The fraction of sp³-hybridized carbons (Fsp3) is 0.188. The van der Waals surface area contributed by atoms with E-state index in [4.69, 9.17) is 11.6 Å². The Morgan fingerprint density at radius 2 is 2.00 bits per heavy atom. The number of non-ortho nitro benzene ring substituents is 1. The molecule has 1 amide bonds. The minimum absolute atomic E-state index is 0.0169. The maximum Gasteiger partial charge on any atom is 0.269 e. The van der Waals surface area contributed by atoms with Crippen LogP contribution in [0.15, 0.2) is 42.5 Å². The summed E-state index contributed by atoms with van der Waals surface area (Å²) in [6.45, 7) is 1.95. The van der Waals surface area contributed by atoms with Gasteiger partial charge in [-0.15, -0.1) is 0 Å². The lowest BCUT2D eigenvalue weighted by Gasteiger charge is -2.25. The molecule has 0 aliphatic carbocycles. The number of hydrazine groups is 1. The van der Waals surface area contributed by atoms with Crippen LogP contribution in [0, 0.1) is 10.1 Å². The van der Waals surface area contributed by atoms with Crippen LogP contribution in [0.2, 0.25) is 5.02 Å². The summed E-state index contributed by atoms with van der Waals surface area (Å²) in [6, 6.07) is 11.3. The number of carbonyl (C=O) groups excluding carboxylic acids is 1. The first-order chi connectivity index (χ1) is 11.0. The summed E-state index contributed by atoms with van der Waals surface area (Å²) in [5.41, 5.74) is 5.04. The van der Waals surface area contributed by atoms with Crippen LogP contribution >= 0.6 is 11.6 Å². The van der Waals surface area contributed by atoms with Gasteiger partial charge >= 0.3 is 0 Å². The van der Waals surface area contributed by atoms with E-state index in [9.17, 15) is 14.9 Å². The van der Waals surface area contributed by atoms with E-state index in [0.29, 0.717) is 17.0 Å². The van der Waals surface area contributed by atoms with Gasteiger partial charge in [0.1, 0.15) is 0 Å². The van der Waals surface area contributed by atoms with Gasteiger partial charge in [-0.2, -0.15) is 0 Å². The van der Waals surface area contributed by atoms with Crippen molar-refractivity contribution in [1.82, 2.24) is 5.43 Å². The number of benzene rings is 2. The van der Waals surface area contributed by atoms with Gasteiger partial charge in [-0.05, 0) is 49.2 Å². The van der Waals surface area contributed by atoms with Crippen molar-refractivity contribution in [1.29, 1.82) is 0 Å². The Morgan fingerprint density at radius 1 is 1.30 bits per heavy atom. The number of amides is 1. The van der Waals surface area contributed by atoms with Crippen molar-refractivity contribution < 1.29 is 9.72 Å². The average Bonchev–Trinajstić information content (AvgIpc) is 2.83. The number of fused-ring (bicyclic) bond motifs is 1. The van der Waals surface area contributed by atoms with E-state index >= 15 is 0 Å². The number of hydrogen-bond acceptors (Lipinski definition) is 4. The maximum atomic E-state index is 12.3. The first-order valence-electron chi connectivity index (χ1n) is 7.09. The normalized spacial score (nSPS) is 16.1. The van der Waals surface area contributed by atoms with Crippen LogP contribution in [0.25, 0.3) is 0 Å². The topological polar surface area (TPSA) is 75.5 Å². The van der Waals surface area contributed by atoms with Gasteiger partial charge in [0.2, 0.25) is 0 Å². The molecule has 0 fully saturated rings. The van der Waals surface area contributed by atoms with Crippen molar-refractivity contribution in [2.75, 3.05) is 5.01 Å². The molecule has 0 radical (unpaired) electrons. The van der Waals surface area contributed by atoms with Gasteiger partial charge < -0.3 is 0 Å². The third-order valence-electron chi connectivity index (χ3n) is 3.82. The Labute approximate surface area is 137 Å². The van der Waals surface area contributed by atoms with Crippen LogP contribution in [-0.4, -0.2) is 16.9 Å². The van der Waals surface area contributed by atoms with Crippen LogP contribution in [0.5, 0.6) is 0 Å². The molecular weight excluding hydrogens is 318 g/mol. The summed E-state index contributed by atoms with van der Waals surface area (Å²) in [7, 11) is 0. The third kappa shape index (κ3) is 2.98. The molecule has 118 valence electrons. The van der Waals surface area contributed by atoms with Crippen LogP contribution in [-0.2, 0) is 6.42 Å². The first-order valence-corrected chi connectivity index (χ1v) is 7.46. The van der Waals surface area contributed by atoms with Crippen LogP contribution in [0.1, 0.15) is 22.8 Å². The number of nitro benzene ring substituents is 1. The van der Waals surface area contributed by atoms with Crippen molar-refractivity contribution in [2.45, 2.75) is 19.4 Å². The molecule has 23 heavy (non-hydrogen) atoms. The molecule has 0 bridgehead atoms. The number of nitro groups is 1. The summed E-state index contributed by atoms with van der Waals surface area (Å²) < 4.78 is 0. The molecular formula is C16H14ClN3O3. The largest absolute Gasteiger partial charge is 0.282 e. The second kappa shape index (κ2) is 5.89. The summed E-state index contributed by atoms with van der Waals surface area (Å²) in [4.78, 5) is 22.8. The zero-order valence-electron chi connectivity index (χ0n) is 12.3. The molecule has 1 N–H and O–H groups in total. The molecule has 0 aromatic heterocycles. The van der Waals surface area contributed by atoms with Gasteiger partial charge in [0.15, 0.2) is 0 Å². The van der Waals surface area contributed by atoms with Gasteiger partial charge in [-0.3, -0.25) is 25.3 Å². The van der Waals surface area contributed by atoms with Gasteiger partial charge in [0, 0.05) is 22.7 Å². The number of nitrogens with one attached hydrogen (secondary N) is 1. The van der Waals surface area contributed by atoms with E-state index in [0.717, 1.165) is 11.3 Å². The van der Waals surface area contributed by atoms with Gasteiger partial charge in [0.25, 0.3) is 11.6 Å². The quantitative estimate of drug-likeness (QED) is 0.691. The zero-order chi connectivity index (χ0) is 16.6. The molecule has 1 atom stereocenters. The van der Waals surface area contributed by atoms with E-state index in [1.807, 2.05) is 6.92 Å². The summed E-state index contributed by atoms with van der Waals surface area (Å²) in [6.07, 6.45) is 0.637. The fourth-order valence-corrected chi connectivity index (χ4v) is 2.80. The molecule has 0 saturated carbocycles. The van der Waals surface area contributed by atoms with E-state index in [2.05, 4.69) is 5.43 Å². The molecule has 7 heteroatoms. The van der Waals surface area contributed by atoms with Gasteiger partial charge in [-0.1, -0.05) is 11.6 Å². The summed E-state index contributed by atoms with van der Waals surface area (Å²) >= 11 is 5.82. The number of rotatable bonds is 3. The SMILES string of the molecule is CC1Cc2cc([N+](=O)[O-])ccc2N1NC(=O)c1ccc(Cl)cc1. The molecule has 2 aromatic carbocycles. The second-order valence-electron chi connectivity index (χ2n) is 5.44. The number of nitrogens with zero attached hydrogens (tertiary/aromatic N) is 2. The first kappa shape index (κ1) is 15.3. The number of anilines is 1. The molecule has 2 aromatic rings. The maximum absolute atomic E-state index is 12.3. The molecule has 1 aliphatic rings. The fourth-order valence-electron chi connectivity index (χ4n) is 2.68. The molecule has 1 aliphatic heterocycles. The van der Waals surface area contributed by atoms with Crippen molar-refractivity contribution in [3.63, 3.8) is 0 Å². The van der Waals surface area contributed by atoms with Crippen molar-refractivity contribution in [2.24, 2.45) is 0 Å².